The lowest BCUT2D eigenvalue weighted by Gasteiger charge is -2.08. The standard InChI is InChI=1S/C25H21FN4O2S.C17H15FN2O.C8H7ClO/c1-16-7-9-18(10-8-16)24(31)28-25(33)27-23-14-22(29-30-23)20-12-11-19(13-21(20)26)32-15-17-5-3-2-4-6-17;1-12-9-17(20-19-12)15-8-7-14(10-16(15)18)21-11-13-5-3-2-4-6-13;1-6-2-4-7(5-3-6)8(9)10/h2-14H,15H2,1H3,(H3,27,28,29,30,31,33);2-10H,11H2,1H3,(H,19,20);2-5H,1H3. The van der Waals surface area contributed by atoms with Crippen molar-refractivity contribution in [1.82, 2.24) is 25.7 Å². The summed E-state index contributed by atoms with van der Waals surface area (Å²) in [5.41, 5.74) is 8.01. The quantitative estimate of drug-likeness (QED) is 0.0745. The predicted octanol–water partition coefficient (Wildman–Crippen LogP) is 11.7. The van der Waals surface area contributed by atoms with Crippen LogP contribution in [0.2, 0.25) is 0 Å². The molecule has 0 radical (unpaired) electrons. The third-order valence-corrected chi connectivity index (χ3v) is 9.71. The maximum Gasteiger partial charge on any atom is 0.257 e. The third-order valence-electron chi connectivity index (χ3n) is 9.29. The first-order valence-corrected chi connectivity index (χ1v) is 20.6. The SMILES string of the molecule is Cc1cc(-c2ccc(OCc3ccccc3)cc2F)n[nH]1.Cc1ccc(C(=O)Cl)cc1.Cc1ccc(C(=O)NC(=S)Nc2cc(-c3ccc(OCc4ccccc4)cc3F)[nH]n2)cc1. The number of aromatic amines is 2. The van der Waals surface area contributed by atoms with E-state index in [9.17, 15) is 18.4 Å². The van der Waals surface area contributed by atoms with Crippen LogP contribution in [0.4, 0.5) is 14.6 Å². The lowest BCUT2D eigenvalue weighted by molar-refractivity contribution is 0.0977. The normalized spacial score (nSPS) is 10.3. The van der Waals surface area contributed by atoms with E-state index in [1.165, 1.54) is 12.1 Å². The Balaban J connectivity index is 0.000000185. The molecule has 2 aromatic heterocycles. The minimum absolute atomic E-state index is 0.0868. The average Bonchev–Trinajstić information content (AvgIpc) is 3.95. The molecular weight excluding hydrogens is 854 g/mol. The van der Waals surface area contributed by atoms with E-state index in [1.807, 2.05) is 112 Å². The van der Waals surface area contributed by atoms with Gasteiger partial charge in [-0.25, -0.2) is 8.78 Å². The molecule has 0 aliphatic carbocycles. The number of aryl methyl sites for hydroxylation is 3. The van der Waals surface area contributed by atoms with Gasteiger partial charge in [0, 0.05) is 46.1 Å². The highest BCUT2D eigenvalue weighted by molar-refractivity contribution is 7.80. The number of H-pyrrole nitrogens is 2. The monoisotopic (exact) mass is 896 g/mol. The fraction of sp³-hybridized carbons (Fsp3) is 0.100. The van der Waals surface area contributed by atoms with Gasteiger partial charge in [-0.3, -0.25) is 25.1 Å². The maximum atomic E-state index is 14.7. The zero-order valence-corrected chi connectivity index (χ0v) is 36.6. The molecule has 0 unspecified atom stereocenters. The number of nitrogens with one attached hydrogen (secondary N) is 4. The van der Waals surface area contributed by atoms with Crippen LogP contribution in [0.15, 0.2) is 158 Å². The van der Waals surface area contributed by atoms with Crippen molar-refractivity contribution in [1.29, 1.82) is 0 Å². The van der Waals surface area contributed by atoms with Crippen LogP contribution in [0.3, 0.4) is 0 Å². The topological polar surface area (TPSA) is 134 Å². The van der Waals surface area contributed by atoms with Crippen molar-refractivity contribution in [3.8, 4) is 34.0 Å². The van der Waals surface area contributed by atoms with Crippen molar-refractivity contribution in [2.45, 2.75) is 34.0 Å². The Labute approximate surface area is 379 Å². The largest absolute Gasteiger partial charge is 0.489 e. The van der Waals surface area contributed by atoms with Gasteiger partial charge >= 0.3 is 0 Å². The van der Waals surface area contributed by atoms with E-state index in [1.54, 1.807) is 54.6 Å². The molecule has 0 bridgehead atoms. The number of carbonyl (C=O) groups excluding carboxylic acids is 2. The van der Waals surface area contributed by atoms with E-state index in [4.69, 9.17) is 33.3 Å². The van der Waals surface area contributed by atoms with Crippen molar-refractivity contribution in [2.24, 2.45) is 0 Å². The van der Waals surface area contributed by atoms with Crippen molar-refractivity contribution < 1.29 is 27.8 Å². The van der Waals surface area contributed by atoms with E-state index in [0.717, 1.165) is 27.9 Å². The summed E-state index contributed by atoms with van der Waals surface area (Å²) < 4.78 is 40.1. The van der Waals surface area contributed by atoms with Gasteiger partial charge in [0.15, 0.2) is 10.9 Å². The van der Waals surface area contributed by atoms with E-state index in [2.05, 4.69) is 31.0 Å². The molecule has 2 heterocycles. The second kappa shape index (κ2) is 22.6. The number of rotatable bonds is 11. The summed E-state index contributed by atoms with van der Waals surface area (Å²) in [5, 5.41) is 18.8. The summed E-state index contributed by atoms with van der Waals surface area (Å²) in [6.45, 7) is 6.55. The number of hydrogen-bond acceptors (Lipinski definition) is 7. The molecule has 64 heavy (non-hydrogen) atoms. The van der Waals surface area contributed by atoms with E-state index >= 15 is 0 Å². The fourth-order valence-corrected chi connectivity index (χ4v) is 6.19. The summed E-state index contributed by atoms with van der Waals surface area (Å²) in [4.78, 5) is 22.8. The summed E-state index contributed by atoms with van der Waals surface area (Å²) >= 11 is 10.4. The van der Waals surface area contributed by atoms with Crippen molar-refractivity contribution in [3.05, 3.63) is 208 Å². The molecular formula is C50H43ClF2N6O4S. The molecule has 0 aliphatic rings. The minimum Gasteiger partial charge on any atom is -0.489 e. The molecule has 8 rings (SSSR count). The number of carbonyl (C=O) groups is 2. The number of amides is 1. The van der Waals surface area contributed by atoms with Crippen LogP contribution in [0, 0.1) is 32.4 Å². The molecule has 0 aliphatic heterocycles. The van der Waals surface area contributed by atoms with Gasteiger partial charge in [0.2, 0.25) is 0 Å². The lowest BCUT2D eigenvalue weighted by Crippen LogP contribution is -2.34. The number of thiocarbonyl (C=S) groups is 1. The highest BCUT2D eigenvalue weighted by Crippen LogP contribution is 2.28. The summed E-state index contributed by atoms with van der Waals surface area (Å²) in [5.74, 6) is 0.159. The van der Waals surface area contributed by atoms with Crippen LogP contribution in [0.1, 0.15) is 48.7 Å². The third kappa shape index (κ3) is 13.8. The zero-order valence-electron chi connectivity index (χ0n) is 35.0. The summed E-state index contributed by atoms with van der Waals surface area (Å²) in [6, 6.07) is 46.6. The molecule has 10 nitrogen and oxygen atoms in total. The molecule has 324 valence electrons. The van der Waals surface area contributed by atoms with E-state index < -0.39 is 11.1 Å². The number of benzene rings is 6. The highest BCUT2D eigenvalue weighted by atomic mass is 35.5. The molecule has 0 spiro atoms. The Kier molecular flexibility index (Phi) is 16.2. The van der Waals surface area contributed by atoms with Crippen LogP contribution in [-0.2, 0) is 13.2 Å². The Hall–Kier alpha value is -7.48. The second-order valence-corrected chi connectivity index (χ2v) is 15.1. The van der Waals surface area contributed by atoms with Gasteiger partial charge in [-0.15, -0.1) is 0 Å². The van der Waals surface area contributed by atoms with Crippen LogP contribution in [-0.4, -0.2) is 36.7 Å². The van der Waals surface area contributed by atoms with Crippen LogP contribution in [0.25, 0.3) is 22.5 Å². The first-order valence-electron chi connectivity index (χ1n) is 19.9. The van der Waals surface area contributed by atoms with Gasteiger partial charge in [-0.05, 0) is 110 Å². The van der Waals surface area contributed by atoms with Crippen LogP contribution in [0.5, 0.6) is 11.5 Å². The van der Waals surface area contributed by atoms with Gasteiger partial charge in [0.05, 0.1) is 11.4 Å². The molecule has 0 fully saturated rings. The number of hydrogen-bond donors (Lipinski definition) is 4. The van der Waals surface area contributed by atoms with E-state index in [0.29, 0.717) is 64.2 Å². The predicted molar refractivity (Wildman–Crippen MR) is 250 cm³/mol. The Morgan fingerprint density at radius 2 is 1.14 bits per heavy atom. The first-order chi connectivity index (χ1) is 30.9. The van der Waals surface area contributed by atoms with Crippen molar-refractivity contribution >= 4 is 45.9 Å². The first kappa shape index (κ1) is 46.0. The minimum atomic E-state index is -0.453. The molecule has 1 amide bonds. The molecule has 8 aromatic rings. The second-order valence-electron chi connectivity index (χ2n) is 14.3. The Bertz CT molecular complexity index is 2800. The summed E-state index contributed by atoms with van der Waals surface area (Å²) in [7, 11) is 0. The van der Waals surface area contributed by atoms with E-state index in [-0.39, 0.29) is 16.8 Å². The average molecular weight is 897 g/mol. The van der Waals surface area contributed by atoms with Gasteiger partial charge in [-0.2, -0.15) is 10.2 Å². The van der Waals surface area contributed by atoms with Gasteiger partial charge < -0.3 is 14.8 Å². The summed E-state index contributed by atoms with van der Waals surface area (Å²) in [6.07, 6.45) is 0. The molecule has 0 saturated heterocycles. The molecule has 14 heteroatoms. The van der Waals surface area contributed by atoms with Crippen LogP contribution < -0.4 is 20.1 Å². The number of halogens is 3. The number of anilines is 1. The van der Waals surface area contributed by atoms with Crippen molar-refractivity contribution in [3.63, 3.8) is 0 Å². The Morgan fingerprint density at radius 3 is 1.62 bits per heavy atom. The van der Waals surface area contributed by atoms with Gasteiger partial charge in [0.1, 0.15) is 36.3 Å². The maximum absolute atomic E-state index is 14.7. The number of ether oxygens (including phenoxy) is 2. The zero-order chi connectivity index (χ0) is 45.4. The smallest absolute Gasteiger partial charge is 0.257 e. The highest BCUT2D eigenvalue weighted by Gasteiger charge is 2.14. The number of aromatic nitrogens is 4. The molecule has 0 saturated carbocycles. The van der Waals surface area contributed by atoms with Gasteiger partial charge in [0.25, 0.3) is 11.1 Å². The van der Waals surface area contributed by atoms with Gasteiger partial charge in [-0.1, -0.05) is 96.1 Å². The molecule has 6 aromatic carbocycles. The van der Waals surface area contributed by atoms with Crippen LogP contribution >= 0.6 is 23.8 Å². The molecule has 0 atom stereocenters. The van der Waals surface area contributed by atoms with Crippen molar-refractivity contribution in [2.75, 3.05) is 5.32 Å². The lowest BCUT2D eigenvalue weighted by atomic mass is 10.1. The molecule has 4 N–H and O–H groups in total. The number of nitrogens with zero attached hydrogens (tertiary/aromatic N) is 2. The fourth-order valence-electron chi connectivity index (χ4n) is 5.87. The Morgan fingerprint density at radius 1 is 0.625 bits per heavy atom.